The van der Waals surface area contributed by atoms with Gasteiger partial charge in [-0.2, -0.15) is 0 Å². The zero-order valence-corrected chi connectivity index (χ0v) is 12.7. The zero-order chi connectivity index (χ0) is 14.7. The van der Waals surface area contributed by atoms with Crippen molar-refractivity contribution in [3.05, 3.63) is 69.7 Å². The van der Waals surface area contributed by atoms with Crippen LogP contribution in [0.3, 0.4) is 0 Å². The standard InChI is InChI=1S/C17H18ClNO/c1-12-6-4-9-16(13(12)2)17(20)19(3)11-14-7-5-8-15(18)10-14/h4-10H,11H2,1-3H3. The van der Waals surface area contributed by atoms with Crippen LogP contribution < -0.4 is 0 Å². The Morgan fingerprint density at radius 3 is 2.55 bits per heavy atom. The van der Waals surface area contributed by atoms with Crippen molar-refractivity contribution in [2.75, 3.05) is 7.05 Å². The van der Waals surface area contributed by atoms with Crippen LogP contribution in [0, 0.1) is 13.8 Å². The first-order chi connectivity index (χ1) is 9.49. The Kier molecular flexibility index (Phi) is 4.46. The highest BCUT2D eigenvalue weighted by Crippen LogP contribution is 2.17. The Morgan fingerprint density at radius 1 is 1.15 bits per heavy atom. The van der Waals surface area contributed by atoms with E-state index in [1.54, 1.807) is 4.90 Å². The molecule has 104 valence electrons. The van der Waals surface area contributed by atoms with Gasteiger partial charge in [-0.15, -0.1) is 0 Å². The minimum Gasteiger partial charge on any atom is -0.337 e. The molecule has 0 aliphatic heterocycles. The van der Waals surface area contributed by atoms with E-state index in [2.05, 4.69) is 0 Å². The van der Waals surface area contributed by atoms with E-state index in [1.807, 2.05) is 63.4 Å². The Hall–Kier alpha value is -1.80. The van der Waals surface area contributed by atoms with E-state index < -0.39 is 0 Å². The van der Waals surface area contributed by atoms with Crippen molar-refractivity contribution >= 4 is 17.5 Å². The van der Waals surface area contributed by atoms with Crippen molar-refractivity contribution in [2.24, 2.45) is 0 Å². The fourth-order valence-electron chi connectivity index (χ4n) is 2.17. The molecule has 0 aliphatic carbocycles. The topological polar surface area (TPSA) is 20.3 Å². The fourth-order valence-corrected chi connectivity index (χ4v) is 2.38. The summed E-state index contributed by atoms with van der Waals surface area (Å²) in [6, 6.07) is 13.4. The van der Waals surface area contributed by atoms with Crippen molar-refractivity contribution in [1.82, 2.24) is 4.90 Å². The second-order valence-corrected chi connectivity index (χ2v) is 5.48. The first kappa shape index (κ1) is 14.6. The summed E-state index contributed by atoms with van der Waals surface area (Å²) in [4.78, 5) is 14.2. The van der Waals surface area contributed by atoms with Gasteiger partial charge in [-0.1, -0.05) is 35.9 Å². The summed E-state index contributed by atoms with van der Waals surface area (Å²) in [5.74, 6) is 0.0335. The summed E-state index contributed by atoms with van der Waals surface area (Å²) < 4.78 is 0. The summed E-state index contributed by atoms with van der Waals surface area (Å²) in [5, 5.41) is 0.690. The molecule has 0 N–H and O–H groups in total. The molecule has 0 atom stereocenters. The predicted octanol–water partition coefficient (Wildman–Crippen LogP) is 4.23. The number of aryl methyl sites for hydroxylation is 1. The molecule has 0 saturated carbocycles. The number of halogens is 1. The van der Waals surface area contributed by atoms with Gasteiger partial charge in [0.25, 0.3) is 5.91 Å². The Bertz CT molecular complexity index is 637. The molecule has 2 nitrogen and oxygen atoms in total. The SMILES string of the molecule is Cc1cccc(C(=O)N(C)Cc2cccc(Cl)c2)c1C. The minimum atomic E-state index is 0.0335. The van der Waals surface area contributed by atoms with Gasteiger partial charge in [0.15, 0.2) is 0 Å². The molecule has 2 aromatic rings. The molecule has 0 heterocycles. The molecule has 1 amide bonds. The van der Waals surface area contributed by atoms with Crippen molar-refractivity contribution in [2.45, 2.75) is 20.4 Å². The van der Waals surface area contributed by atoms with E-state index >= 15 is 0 Å². The summed E-state index contributed by atoms with van der Waals surface area (Å²) in [5.41, 5.74) is 3.95. The van der Waals surface area contributed by atoms with E-state index in [1.165, 1.54) is 0 Å². The van der Waals surface area contributed by atoms with Gasteiger partial charge in [-0.3, -0.25) is 4.79 Å². The van der Waals surface area contributed by atoms with E-state index in [0.717, 1.165) is 22.3 Å². The number of hydrogen-bond acceptors (Lipinski definition) is 1. The van der Waals surface area contributed by atoms with E-state index in [9.17, 15) is 4.79 Å². The van der Waals surface area contributed by atoms with Crippen LogP contribution in [0.15, 0.2) is 42.5 Å². The van der Waals surface area contributed by atoms with Crippen molar-refractivity contribution in [3.8, 4) is 0 Å². The Balaban J connectivity index is 2.19. The first-order valence-corrected chi connectivity index (χ1v) is 6.93. The van der Waals surface area contributed by atoms with Crippen molar-refractivity contribution in [1.29, 1.82) is 0 Å². The lowest BCUT2D eigenvalue weighted by atomic mass is 10.0. The third kappa shape index (κ3) is 3.20. The van der Waals surface area contributed by atoms with E-state index in [-0.39, 0.29) is 5.91 Å². The number of amides is 1. The number of rotatable bonds is 3. The van der Waals surface area contributed by atoms with Gasteiger partial charge >= 0.3 is 0 Å². The molecular weight excluding hydrogens is 270 g/mol. The molecule has 0 aliphatic rings. The summed E-state index contributed by atoms with van der Waals surface area (Å²) in [6.45, 7) is 4.55. The van der Waals surface area contributed by atoms with Crippen molar-refractivity contribution < 1.29 is 4.79 Å². The van der Waals surface area contributed by atoms with Crippen LogP contribution in [-0.2, 0) is 6.54 Å². The van der Waals surface area contributed by atoms with Crippen molar-refractivity contribution in [3.63, 3.8) is 0 Å². The minimum absolute atomic E-state index is 0.0335. The van der Waals surface area contributed by atoms with Gasteiger partial charge < -0.3 is 4.90 Å². The second kappa shape index (κ2) is 6.10. The quantitative estimate of drug-likeness (QED) is 0.827. The van der Waals surface area contributed by atoms with Crippen LogP contribution >= 0.6 is 11.6 Å². The van der Waals surface area contributed by atoms with Gasteiger partial charge in [0.1, 0.15) is 0 Å². The summed E-state index contributed by atoms with van der Waals surface area (Å²) >= 11 is 5.97. The Labute approximate surface area is 125 Å². The lowest BCUT2D eigenvalue weighted by molar-refractivity contribution is 0.0784. The lowest BCUT2D eigenvalue weighted by Crippen LogP contribution is -2.27. The second-order valence-electron chi connectivity index (χ2n) is 5.04. The molecular formula is C17H18ClNO. The normalized spacial score (nSPS) is 10.4. The molecule has 0 saturated heterocycles. The smallest absolute Gasteiger partial charge is 0.254 e. The van der Waals surface area contributed by atoms with Gasteiger partial charge in [-0.25, -0.2) is 0 Å². The Morgan fingerprint density at radius 2 is 1.85 bits per heavy atom. The largest absolute Gasteiger partial charge is 0.337 e. The molecule has 0 unspecified atom stereocenters. The highest BCUT2D eigenvalue weighted by Gasteiger charge is 2.15. The maximum absolute atomic E-state index is 12.5. The molecule has 0 aromatic heterocycles. The van der Waals surface area contributed by atoms with Crippen LogP contribution in [0.4, 0.5) is 0 Å². The predicted molar refractivity (Wildman–Crippen MR) is 83.2 cm³/mol. The number of carbonyl (C=O) groups excluding carboxylic acids is 1. The molecule has 2 aromatic carbocycles. The highest BCUT2D eigenvalue weighted by molar-refractivity contribution is 6.30. The third-order valence-electron chi connectivity index (χ3n) is 3.49. The van der Waals surface area contributed by atoms with Crippen LogP contribution in [0.2, 0.25) is 5.02 Å². The zero-order valence-electron chi connectivity index (χ0n) is 12.0. The molecule has 20 heavy (non-hydrogen) atoms. The number of hydrogen-bond donors (Lipinski definition) is 0. The molecule has 3 heteroatoms. The molecule has 0 radical (unpaired) electrons. The van der Waals surface area contributed by atoms with Crippen LogP contribution in [0.25, 0.3) is 0 Å². The van der Waals surface area contributed by atoms with Gasteiger partial charge in [-0.05, 0) is 48.7 Å². The van der Waals surface area contributed by atoms with Crippen LogP contribution in [-0.4, -0.2) is 17.9 Å². The maximum Gasteiger partial charge on any atom is 0.254 e. The first-order valence-electron chi connectivity index (χ1n) is 6.55. The van der Waals surface area contributed by atoms with Gasteiger partial charge in [0.2, 0.25) is 0 Å². The summed E-state index contributed by atoms with van der Waals surface area (Å²) in [7, 11) is 1.81. The fraction of sp³-hybridized carbons (Fsp3) is 0.235. The van der Waals surface area contributed by atoms with Crippen LogP contribution in [0.1, 0.15) is 27.0 Å². The molecule has 0 fully saturated rings. The highest BCUT2D eigenvalue weighted by atomic mass is 35.5. The number of carbonyl (C=O) groups is 1. The monoisotopic (exact) mass is 287 g/mol. The van der Waals surface area contributed by atoms with Crippen LogP contribution in [0.5, 0.6) is 0 Å². The number of nitrogens with zero attached hydrogens (tertiary/aromatic N) is 1. The van der Waals surface area contributed by atoms with E-state index in [0.29, 0.717) is 11.6 Å². The number of benzene rings is 2. The third-order valence-corrected chi connectivity index (χ3v) is 3.73. The lowest BCUT2D eigenvalue weighted by Gasteiger charge is -2.19. The molecule has 2 rings (SSSR count). The molecule has 0 bridgehead atoms. The van der Waals surface area contributed by atoms with Gasteiger partial charge in [0, 0.05) is 24.2 Å². The van der Waals surface area contributed by atoms with E-state index in [4.69, 9.17) is 11.6 Å². The average Bonchev–Trinajstić information content (AvgIpc) is 2.41. The van der Waals surface area contributed by atoms with Gasteiger partial charge in [0.05, 0.1) is 0 Å². The maximum atomic E-state index is 12.5. The summed E-state index contributed by atoms with van der Waals surface area (Å²) in [6.07, 6.45) is 0. The average molecular weight is 288 g/mol. The molecule has 0 spiro atoms.